The Morgan fingerprint density at radius 3 is 2.68 bits per heavy atom. The van der Waals surface area contributed by atoms with Crippen LogP contribution in [0.15, 0.2) is 64.1 Å². The molecule has 1 unspecified atom stereocenters. The lowest BCUT2D eigenvalue weighted by atomic mass is 10.0. The maximum Gasteiger partial charge on any atom is 0.161 e. The van der Waals surface area contributed by atoms with Crippen molar-refractivity contribution in [2.75, 3.05) is 11.3 Å². The van der Waals surface area contributed by atoms with Gasteiger partial charge in [0, 0.05) is 6.42 Å². The number of hydrogen-bond acceptors (Lipinski definition) is 4. The monoisotopic (exact) mass is 370 g/mol. The fourth-order valence-electron chi connectivity index (χ4n) is 2.87. The molecule has 130 valence electrons. The first kappa shape index (κ1) is 18.0. The Morgan fingerprint density at radius 1 is 1.28 bits per heavy atom. The molecule has 1 aliphatic carbocycles. The van der Waals surface area contributed by atoms with E-state index >= 15 is 0 Å². The number of aryl methyl sites for hydroxylation is 1. The van der Waals surface area contributed by atoms with Gasteiger partial charge in [-0.25, -0.2) is 5.01 Å². The third-order valence-electron chi connectivity index (χ3n) is 4.16. The molecular weight excluding hydrogens is 348 g/mol. The number of para-hydroxylation sites is 1. The van der Waals surface area contributed by atoms with Crippen molar-refractivity contribution in [2.24, 2.45) is 11.0 Å². The van der Waals surface area contributed by atoms with Crippen LogP contribution in [0.25, 0.3) is 0 Å². The highest BCUT2D eigenvalue weighted by molar-refractivity contribution is 8.22. The summed E-state index contributed by atoms with van der Waals surface area (Å²) in [4.78, 5) is 0. The molecule has 5 heteroatoms. The number of rotatable bonds is 5. The van der Waals surface area contributed by atoms with Crippen molar-refractivity contribution in [3.05, 3.63) is 66.1 Å². The number of thioether (sulfide) groups is 1. The molecular formula is C20H22N2OS2. The largest absolute Gasteiger partial charge is 0.460 e. The minimum Gasteiger partial charge on any atom is -0.460 e. The van der Waals surface area contributed by atoms with Crippen molar-refractivity contribution < 1.29 is 4.42 Å². The molecule has 3 rings (SSSR count). The molecule has 1 aromatic heterocycles. The molecule has 0 fully saturated rings. The van der Waals surface area contributed by atoms with E-state index in [9.17, 15) is 0 Å². The Kier molecular flexibility index (Phi) is 6.10. The van der Waals surface area contributed by atoms with E-state index in [0.29, 0.717) is 10.2 Å². The first-order chi connectivity index (χ1) is 12.2. The fourth-order valence-corrected chi connectivity index (χ4v) is 3.34. The summed E-state index contributed by atoms with van der Waals surface area (Å²) in [6, 6.07) is 14.0. The summed E-state index contributed by atoms with van der Waals surface area (Å²) in [5.74, 6) is 2.22. The number of furan rings is 1. The summed E-state index contributed by atoms with van der Waals surface area (Å²) in [7, 11) is 0. The van der Waals surface area contributed by atoms with E-state index in [1.165, 1.54) is 11.8 Å². The zero-order chi connectivity index (χ0) is 17.6. The Morgan fingerprint density at radius 2 is 2.08 bits per heavy atom. The highest BCUT2D eigenvalue weighted by atomic mass is 32.2. The van der Waals surface area contributed by atoms with E-state index in [0.717, 1.165) is 42.2 Å². The van der Waals surface area contributed by atoms with Gasteiger partial charge >= 0.3 is 0 Å². The summed E-state index contributed by atoms with van der Waals surface area (Å²) in [6.07, 6.45) is 9.66. The van der Waals surface area contributed by atoms with Crippen molar-refractivity contribution in [1.29, 1.82) is 0 Å². The van der Waals surface area contributed by atoms with Crippen LogP contribution in [0, 0.1) is 12.8 Å². The van der Waals surface area contributed by atoms with E-state index in [1.54, 1.807) is 0 Å². The average Bonchev–Trinajstić information content (AvgIpc) is 3.30. The highest BCUT2D eigenvalue weighted by Gasteiger charge is 2.19. The molecule has 1 aliphatic rings. The molecule has 0 bridgehead atoms. The van der Waals surface area contributed by atoms with Crippen molar-refractivity contribution in [3.63, 3.8) is 0 Å². The van der Waals surface area contributed by atoms with Crippen LogP contribution < -0.4 is 5.01 Å². The lowest BCUT2D eigenvalue weighted by Gasteiger charge is -2.20. The van der Waals surface area contributed by atoms with E-state index in [-0.39, 0.29) is 0 Å². The van der Waals surface area contributed by atoms with Crippen molar-refractivity contribution in [3.8, 4) is 0 Å². The molecule has 0 radical (unpaired) electrons. The van der Waals surface area contributed by atoms with Gasteiger partial charge in [-0.3, -0.25) is 0 Å². The average molecular weight is 371 g/mol. The van der Waals surface area contributed by atoms with Gasteiger partial charge in [0.15, 0.2) is 4.32 Å². The fraction of sp³-hybridized carbons (Fsp3) is 0.300. The zero-order valence-corrected chi connectivity index (χ0v) is 16.1. The van der Waals surface area contributed by atoms with Crippen LogP contribution in [0.3, 0.4) is 0 Å². The molecule has 0 aliphatic heterocycles. The Balaban J connectivity index is 1.98. The standard InChI is InChI=1S/C20H22N2OS2/c1-15-12-13-19(23-15)18(14-16-8-6-7-9-16)21-22(20(24)25-2)17-10-4-3-5-11-17/h3-6,8,10-13,16H,7,9,14H2,1-2H3/b21-18+. The van der Waals surface area contributed by atoms with Gasteiger partial charge in [0.1, 0.15) is 17.2 Å². The van der Waals surface area contributed by atoms with Gasteiger partial charge in [0.05, 0.1) is 5.69 Å². The van der Waals surface area contributed by atoms with Crippen molar-refractivity contribution in [2.45, 2.75) is 26.2 Å². The zero-order valence-electron chi connectivity index (χ0n) is 14.5. The quantitative estimate of drug-likeness (QED) is 0.288. The predicted octanol–water partition coefficient (Wildman–Crippen LogP) is 5.80. The van der Waals surface area contributed by atoms with Crippen LogP contribution in [-0.4, -0.2) is 16.3 Å². The Labute approximate surface area is 158 Å². The van der Waals surface area contributed by atoms with Crippen LogP contribution in [-0.2, 0) is 0 Å². The molecule has 25 heavy (non-hydrogen) atoms. The van der Waals surface area contributed by atoms with Crippen LogP contribution in [0.1, 0.15) is 30.8 Å². The lowest BCUT2D eigenvalue weighted by Crippen LogP contribution is -2.23. The number of thiocarbonyl (C=S) groups is 1. The third kappa shape index (κ3) is 4.61. The Hall–Kier alpha value is -1.85. The summed E-state index contributed by atoms with van der Waals surface area (Å²) >= 11 is 7.07. The topological polar surface area (TPSA) is 28.7 Å². The number of anilines is 1. The van der Waals surface area contributed by atoms with Crippen LogP contribution in [0.5, 0.6) is 0 Å². The van der Waals surface area contributed by atoms with Gasteiger partial charge in [-0.05, 0) is 56.2 Å². The normalized spacial score (nSPS) is 17.0. The molecule has 1 heterocycles. The van der Waals surface area contributed by atoms with Gasteiger partial charge in [0.2, 0.25) is 0 Å². The smallest absolute Gasteiger partial charge is 0.161 e. The van der Waals surface area contributed by atoms with Crippen LogP contribution in [0.4, 0.5) is 5.69 Å². The van der Waals surface area contributed by atoms with E-state index in [1.807, 2.05) is 60.7 Å². The van der Waals surface area contributed by atoms with E-state index < -0.39 is 0 Å². The molecule has 3 nitrogen and oxygen atoms in total. The number of hydrazone groups is 1. The summed E-state index contributed by atoms with van der Waals surface area (Å²) in [6.45, 7) is 1.96. The van der Waals surface area contributed by atoms with E-state index in [4.69, 9.17) is 21.7 Å². The highest BCUT2D eigenvalue weighted by Crippen LogP contribution is 2.26. The minimum absolute atomic E-state index is 0.504. The second-order valence-electron chi connectivity index (χ2n) is 6.04. The molecule has 0 saturated heterocycles. The number of hydrogen-bond donors (Lipinski definition) is 0. The second-order valence-corrected chi connectivity index (χ2v) is 7.48. The van der Waals surface area contributed by atoms with Gasteiger partial charge in [-0.15, -0.1) is 0 Å². The summed E-state index contributed by atoms with van der Waals surface area (Å²) in [5, 5.41) is 6.76. The Bertz CT molecular complexity index is 780. The molecule has 0 amide bonds. The molecule has 2 aromatic rings. The first-order valence-corrected chi connectivity index (χ1v) is 10.0. The van der Waals surface area contributed by atoms with Gasteiger partial charge < -0.3 is 4.42 Å². The predicted molar refractivity (Wildman–Crippen MR) is 111 cm³/mol. The van der Waals surface area contributed by atoms with Crippen LogP contribution >= 0.6 is 24.0 Å². The van der Waals surface area contributed by atoms with Crippen molar-refractivity contribution in [1.82, 2.24) is 0 Å². The van der Waals surface area contributed by atoms with Crippen molar-refractivity contribution >= 4 is 39.7 Å². The summed E-state index contributed by atoms with van der Waals surface area (Å²) < 4.78 is 6.59. The molecule has 0 spiro atoms. The molecule has 0 saturated carbocycles. The number of allylic oxidation sites excluding steroid dienone is 2. The van der Waals surface area contributed by atoms with Gasteiger partial charge in [-0.1, -0.05) is 54.3 Å². The minimum atomic E-state index is 0.504. The molecule has 1 atom stereocenters. The van der Waals surface area contributed by atoms with Gasteiger partial charge in [-0.2, -0.15) is 5.10 Å². The first-order valence-electron chi connectivity index (χ1n) is 8.41. The van der Waals surface area contributed by atoms with Gasteiger partial charge in [0.25, 0.3) is 0 Å². The van der Waals surface area contributed by atoms with E-state index in [2.05, 4.69) is 12.2 Å². The maximum atomic E-state index is 5.87. The SMILES string of the molecule is CSC(=S)N(/N=C(\CC1C=CCC1)c1ccc(C)o1)c1ccccc1. The maximum absolute atomic E-state index is 5.87. The third-order valence-corrected chi connectivity index (χ3v) is 5.36. The molecule has 1 aromatic carbocycles. The van der Waals surface area contributed by atoms with Crippen LogP contribution in [0.2, 0.25) is 0 Å². The second kappa shape index (κ2) is 8.50. The summed E-state index contributed by atoms with van der Waals surface area (Å²) in [5.41, 5.74) is 1.90. The lowest BCUT2D eigenvalue weighted by molar-refractivity contribution is 0.520. The number of benzene rings is 1. The number of nitrogens with zero attached hydrogens (tertiary/aromatic N) is 2. The molecule has 0 N–H and O–H groups in total.